The van der Waals surface area contributed by atoms with Gasteiger partial charge in [0.15, 0.2) is 0 Å². The molecular weight excluding hydrogens is 136 g/mol. The van der Waals surface area contributed by atoms with Crippen LogP contribution < -0.4 is 0 Å². The summed E-state index contributed by atoms with van der Waals surface area (Å²) in [7, 11) is 0. The van der Waals surface area contributed by atoms with E-state index in [-0.39, 0.29) is 0 Å². The Hall–Kier alpha value is -0.760. The Labute approximate surface area is 58.8 Å². The number of nitrogens with zero attached hydrogens (tertiary/aromatic N) is 2. The summed E-state index contributed by atoms with van der Waals surface area (Å²) in [5.74, 6) is 0. The van der Waals surface area contributed by atoms with Crippen LogP contribution in [0.25, 0.3) is 0 Å². The molecule has 0 unspecified atom stereocenters. The Bertz CT molecular complexity index is 179. The molecule has 0 fully saturated rings. The molecule has 0 aliphatic rings. The zero-order valence-corrected chi connectivity index (χ0v) is 5.62. The molecule has 1 aromatic heterocycles. The van der Waals surface area contributed by atoms with E-state index in [1.54, 1.807) is 12.5 Å². The molecule has 0 bridgehead atoms. The molecule has 48 valence electrons. The molecule has 0 aliphatic heterocycles. The van der Waals surface area contributed by atoms with Crippen LogP contribution in [0.5, 0.6) is 0 Å². The molecule has 3 heteroatoms. The first kappa shape index (κ1) is 6.36. The fourth-order valence-electron chi connectivity index (χ4n) is 0.556. The highest BCUT2D eigenvalue weighted by molar-refractivity contribution is 6.25. The highest BCUT2D eigenvalue weighted by Gasteiger charge is 1.80. The quantitative estimate of drug-likeness (QED) is 0.614. The molecule has 0 saturated carbocycles. The van der Waals surface area contributed by atoms with Gasteiger partial charge in [-0.3, -0.25) is 0 Å². The number of hydrogen-bond donors (Lipinski definition) is 0. The standard InChI is InChI=1S/C6H7ClN2/c7-2-1-4-9-5-3-8-6-9/h1-3,5-6H,4H2/b2-1+. The van der Waals surface area contributed by atoms with Crippen LogP contribution in [-0.4, -0.2) is 9.55 Å². The van der Waals surface area contributed by atoms with Gasteiger partial charge in [0.05, 0.1) is 6.33 Å². The molecule has 0 saturated heterocycles. The van der Waals surface area contributed by atoms with Gasteiger partial charge < -0.3 is 4.57 Å². The van der Waals surface area contributed by atoms with Crippen LogP contribution >= 0.6 is 11.6 Å². The first-order chi connectivity index (χ1) is 4.43. The summed E-state index contributed by atoms with van der Waals surface area (Å²) < 4.78 is 1.93. The maximum Gasteiger partial charge on any atom is 0.0948 e. The van der Waals surface area contributed by atoms with Crippen molar-refractivity contribution in [3.05, 3.63) is 30.3 Å². The predicted molar refractivity (Wildman–Crippen MR) is 37.2 cm³/mol. The van der Waals surface area contributed by atoms with E-state index in [4.69, 9.17) is 11.6 Å². The average molecular weight is 143 g/mol. The Morgan fingerprint density at radius 3 is 3.11 bits per heavy atom. The van der Waals surface area contributed by atoms with Gasteiger partial charge in [-0.05, 0) is 0 Å². The van der Waals surface area contributed by atoms with Crippen molar-refractivity contribution in [2.75, 3.05) is 0 Å². The van der Waals surface area contributed by atoms with Crippen LogP contribution in [0, 0.1) is 0 Å². The van der Waals surface area contributed by atoms with Gasteiger partial charge in [-0.1, -0.05) is 17.7 Å². The Morgan fingerprint density at radius 1 is 1.67 bits per heavy atom. The van der Waals surface area contributed by atoms with Crippen molar-refractivity contribution in [3.8, 4) is 0 Å². The monoisotopic (exact) mass is 142 g/mol. The van der Waals surface area contributed by atoms with Gasteiger partial charge in [-0.25, -0.2) is 4.98 Å². The van der Waals surface area contributed by atoms with Gasteiger partial charge >= 0.3 is 0 Å². The van der Waals surface area contributed by atoms with Gasteiger partial charge in [-0.2, -0.15) is 0 Å². The van der Waals surface area contributed by atoms with Crippen molar-refractivity contribution in [1.29, 1.82) is 0 Å². The number of aromatic nitrogens is 2. The molecule has 0 aliphatic carbocycles. The third-order valence-corrected chi connectivity index (χ3v) is 1.14. The topological polar surface area (TPSA) is 17.8 Å². The first-order valence-corrected chi connectivity index (χ1v) is 3.08. The second-order valence-corrected chi connectivity index (χ2v) is 1.87. The summed E-state index contributed by atoms with van der Waals surface area (Å²) in [4.78, 5) is 3.86. The molecule has 0 N–H and O–H groups in total. The number of rotatable bonds is 2. The highest BCUT2D eigenvalue weighted by Crippen LogP contribution is 1.87. The fourth-order valence-corrected chi connectivity index (χ4v) is 0.636. The van der Waals surface area contributed by atoms with Gasteiger partial charge in [0.25, 0.3) is 0 Å². The highest BCUT2D eigenvalue weighted by atomic mass is 35.5. The van der Waals surface area contributed by atoms with Crippen LogP contribution in [-0.2, 0) is 6.54 Å². The lowest BCUT2D eigenvalue weighted by atomic mass is 10.6. The zero-order chi connectivity index (χ0) is 6.53. The lowest BCUT2D eigenvalue weighted by molar-refractivity contribution is 0.821. The maximum atomic E-state index is 5.30. The lowest BCUT2D eigenvalue weighted by Crippen LogP contribution is -1.88. The van der Waals surface area contributed by atoms with E-state index in [9.17, 15) is 0 Å². The van der Waals surface area contributed by atoms with Crippen molar-refractivity contribution in [1.82, 2.24) is 9.55 Å². The van der Waals surface area contributed by atoms with Crippen LogP contribution in [0.4, 0.5) is 0 Å². The summed E-state index contributed by atoms with van der Waals surface area (Å²) in [6.45, 7) is 0.795. The molecule has 0 radical (unpaired) electrons. The smallest absolute Gasteiger partial charge is 0.0948 e. The average Bonchev–Trinajstić information content (AvgIpc) is 2.34. The van der Waals surface area contributed by atoms with Crippen molar-refractivity contribution in [2.24, 2.45) is 0 Å². The molecule has 1 aromatic rings. The molecule has 9 heavy (non-hydrogen) atoms. The van der Waals surface area contributed by atoms with Gasteiger partial charge in [-0.15, -0.1) is 0 Å². The predicted octanol–water partition coefficient (Wildman–Crippen LogP) is 1.64. The summed E-state index contributed by atoms with van der Waals surface area (Å²) in [5, 5.41) is 0. The molecule has 1 heterocycles. The minimum Gasteiger partial charge on any atom is -0.334 e. The second-order valence-electron chi connectivity index (χ2n) is 1.62. The normalized spacial score (nSPS) is 10.8. The summed E-state index contributed by atoms with van der Waals surface area (Å²) in [6.07, 6.45) is 7.22. The van der Waals surface area contributed by atoms with E-state index in [0.29, 0.717) is 0 Å². The molecule has 0 aromatic carbocycles. The van der Waals surface area contributed by atoms with E-state index >= 15 is 0 Å². The van der Waals surface area contributed by atoms with E-state index < -0.39 is 0 Å². The van der Waals surface area contributed by atoms with Gasteiger partial charge in [0, 0.05) is 24.5 Å². The summed E-state index contributed by atoms with van der Waals surface area (Å²) in [6, 6.07) is 0. The molecule has 1 rings (SSSR count). The largest absolute Gasteiger partial charge is 0.334 e. The Kier molecular flexibility index (Phi) is 2.33. The van der Waals surface area contributed by atoms with Crippen LogP contribution in [0.3, 0.4) is 0 Å². The van der Waals surface area contributed by atoms with E-state index in [1.807, 2.05) is 16.8 Å². The van der Waals surface area contributed by atoms with Crippen LogP contribution in [0.1, 0.15) is 0 Å². The third-order valence-electron chi connectivity index (χ3n) is 0.965. The van der Waals surface area contributed by atoms with Crippen molar-refractivity contribution in [3.63, 3.8) is 0 Å². The molecule has 0 amide bonds. The minimum atomic E-state index is 0.795. The minimum absolute atomic E-state index is 0.795. The maximum absolute atomic E-state index is 5.30. The van der Waals surface area contributed by atoms with Crippen molar-refractivity contribution < 1.29 is 0 Å². The number of imidazole rings is 1. The lowest BCUT2D eigenvalue weighted by Gasteiger charge is -1.90. The molecule has 2 nitrogen and oxygen atoms in total. The van der Waals surface area contributed by atoms with Crippen molar-refractivity contribution in [2.45, 2.75) is 6.54 Å². The first-order valence-electron chi connectivity index (χ1n) is 2.64. The third kappa shape index (κ3) is 1.90. The molecule has 0 atom stereocenters. The SMILES string of the molecule is Cl/C=C/Cn1ccnc1. The van der Waals surface area contributed by atoms with E-state index in [2.05, 4.69) is 4.98 Å². The number of halogens is 1. The number of hydrogen-bond acceptors (Lipinski definition) is 1. The fraction of sp³-hybridized carbons (Fsp3) is 0.167. The molecule has 0 spiro atoms. The van der Waals surface area contributed by atoms with Crippen LogP contribution in [0.15, 0.2) is 30.3 Å². The van der Waals surface area contributed by atoms with E-state index in [0.717, 1.165) is 6.54 Å². The Balaban J connectivity index is 2.48. The molecular formula is C6H7ClN2. The van der Waals surface area contributed by atoms with E-state index in [1.165, 1.54) is 5.54 Å². The van der Waals surface area contributed by atoms with Crippen LogP contribution in [0.2, 0.25) is 0 Å². The van der Waals surface area contributed by atoms with Gasteiger partial charge in [0.1, 0.15) is 0 Å². The van der Waals surface area contributed by atoms with Gasteiger partial charge in [0.2, 0.25) is 0 Å². The summed E-state index contributed by atoms with van der Waals surface area (Å²) >= 11 is 5.30. The summed E-state index contributed by atoms with van der Waals surface area (Å²) in [5.41, 5.74) is 1.50. The number of allylic oxidation sites excluding steroid dienone is 1. The van der Waals surface area contributed by atoms with Crippen molar-refractivity contribution >= 4 is 11.6 Å². The Morgan fingerprint density at radius 2 is 2.56 bits per heavy atom. The zero-order valence-electron chi connectivity index (χ0n) is 4.87. The second kappa shape index (κ2) is 3.30.